The highest BCUT2D eigenvalue weighted by molar-refractivity contribution is 6.30. The number of halogens is 1. The summed E-state index contributed by atoms with van der Waals surface area (Å²) in [6, 6.07) is 7.42. The second-order valence-electron chi connectivity index (χ2n) is 3.63. The van der Waals surface area contributed by atoms with E-state index in [4.69, 9.17) is 11.6 Å². The van der Waals surface area contributed by atoms with E-state index in [1.54, 1.807) is 17.9 Å². The van der Waals surface area contributed by atoms with Crippen LogP contribution in [0.25, 0.3) is 0 Å². The quantitative estimate of drug-likeness (QED) is 0.885. The van der Waals surface area contributed by atoms with Gasteiger partial charge in [-0.25, -0.2) is 4.68 Å². The molecule has 0 saturated carbocycles. The maximum atomic E-state index is 9.98. The van der Waals surface area contributed by atoms with Crippen molar-refractivity contribution < 1.29 is 5.11 Å². The van der Waals surface area contributed by atoms with Crippen LogP contribution < -0.4 is 0 Å². The number of aromatic nitrogens is 3. The van der Waals surface area contributed by atoms with Crippen molar-refractivity contribution in [2.24, 2.45) is 7.05 Å². The van der Waals surface area contributed by atoms with Crippen LogP contribution >= 0.6 is 11.6 Å². The van der Waals surface area contributed by atoms with Crippen molar-refractivity contribution in [1.29, 1.82) is 0 Å². The van der Waals surface area contributed by atoms with Crippen LogP contribution in [0, 0.1) is 0 Å². The van der Waals surface area contributed by atoms with Crippen molar-refractivity contribution >= 4 is 11.6 Å². The zero-order valence-electron chi connectivity index (χ0n) is 8.84. The topological polar surface area (TPSA) is 50.9 Å². The summed E-state index contributed by atoms with van der Waals surface area (Å²) in [6.45, 7) is 0. The van der Waals surface area contributed by atoms with Crippen LogP contribution in [-0.2, 0) is 13.5 Å². The molecule has 1 atom stereocenters. The molecule has 0 radical (unpaired) electrons. The van der Waals surface area contributed by atoms with E-state index in [-0.39, 0.29) is 0 Å². The van der Waals surface area contributed by atoms with Gasteiger partial charge in [0.1, 0.15) is 6.10 Å². The minimum absolute atomic E-state index is 0.526. The fourth-order valence-electron chi connectivity index (χ4n) is 1.55. The van der Waals surface area contributed by atoms with Crippen molar-refractivity contribution in [3.05, 3.63) is 46.7 Å². The summed E-state index contributed by atoms with van der Waals surface area (Å²) in [7, 11) is 1.76. The van der Waals surface area contributed by atoms with Crippen LogP contribution in [0.4, 0.5) is 0 Å². The lowest BCUT2D eigenvalue weighted by atomic mass is 10.1. The normalized spacial score (nSPS) is 12.7. The number of nitrogens with zero attached hydrogens (tertiary/aromatic N) is 3. The van der Waals surface area contributed by atoms with Crippen LogP contribution in [0.15, 0.2) is 30.5 Å². The molecule has 1 aromatic heterocycles. The molecule has 0 fully saturated rings. The van der Waals surface area contributed by atoms with Gasteiger partial charge in [-0.3, -0.25) is 0 Å². The number of benzene rings is 1. The molecule has 0 spiro atoms. The number of aryl methyl sites for hydroxylation is 1. The third-order valence-electron chi connectivity index (χ3n) is 2.43. The van der Waals surface area contributed by atoms with Crippen molar-refractivity contribution in [2.75, 3.05) is 0 Å². The Hall–Kier alpha value is -1.39. The Morgan fingerprint density at radius 2 is 2.06 bits per heavy atom. The van der Waals surface area contributed by atoms with Crippen LogP contribution in [0.5, 0.6) is 0 Å². The predicted molar refractivity (Wildman–Crippen MR) is 61.1 cm³/mol. The summed E-state index contributed by atoms with van der Waals surface area (Å²) >= 11 is 5.79. The first-order valence-corrected chi connectivity index (χ1v) is 5.31. The summed E-state index contributed by atoms with van der Waals surface area (Å²) in [5.74, 6) is 0. The summed E-state index contributed by atoms with van der Waals surface area (Å²) in [4.78, 5) is 0. The maximum Gasteiger partial charge on any atom is 0.101 e. The van der Waals surface area contributed by atoms with E-state index in [2.05, 4.69) is 10.3 Å². The van der Waals surface area contributed by atoms with Crippen LogP contribution in [0.2, 0.25) is 5.02 Å². The smallest absolute Gasteiger partial charge is 0.101 e. The SMILES string of the molecule is Cn1nncc1C(O)Cc1ccc(Cl)cc1. The fourth-order valence-corrected chi connectivity index (χ4v) is 1.67. The Morgan fingerprint density at radius 3 is 2.62 bits per heavy atom. The zero-order chi connectivity index (χ0) is 11.5. The highest BCUT2D eigenvalue weighted by atomic mass is 35.5. The molecule has 16 heavy (non-hydrogen) atoms. The molecule has 0 bridgehead atoms. The minimum atomic E-state index is -0.596. The maximum absolute atomic E-state index is 9.98. The molecule has 4 nitrogen and oxygen atoms in total. The molecule has 5 heteroatoms. The minimum Gasteiger partial charge on any atom is -0.386 e. The lowest BCUT2D eigenvalue weighted by Gasteiger charge is -2.10. The fraction of sp³-hybridized carbons (Fsp3) is 0.273. The van der Waals surface area contributed by atoms with E-state index in [0.717, 1.165) is 5.56 Å². The van der Waals surface area contributed by atoms with E-state index in [9.17, 15) is 5.11 Å². The highest BCUT2D eigenvalue weighted by Gasteiger charge is 2.12. The summed E-state index contributed by atoms with van der Waals surface area (Å²) in [6.07, 6.45) is 1.50. The van der Waals surface area contributed by atoms with Gasteiger partial charge < -0.3 is 5.11 Å². The van der Waals surface area contributed by atoms with E-state index >= 15 is 0 Å². The van der Waals surface area contributed by atoms with Crippen molar-refractivity contribution in [1.82, 2.24) is 15.0 Å². The molecular weight excluding hydrogens is 226 g/mol. The summed E-state index contributed by atoms with van der Waals surface area (Å²) in [5, 5.41) is 18.2. The number of rotatable bonds is 3. The van der Waals surface area contributed by atoms with Gasteiger partial charge in [-0.2, -0.15) is 0 Å². The van der Waals surface area contributed by atoms with E-state index < -0.39 is 6.10 Å². The third-order valence-corrected chi connectivity index (χ3v) is 2.69. The first kappa shape index (κ1) is 11.1. The molecule has 1 N–H and O–H groups in total. The summed E-state index contributed by atoms with van der Waals surface area (Å²) < 4.78 is 1.57. The van der Waals surface area contributed by atoms with Gasteiger partial charge in [-0.15, -0.1) is 5.10 Å². The number of aliphatic hydroxyl groups excluding tert-OH is 1. The first-order valence-electron chi connectivity index (χ1n) is 4.94. The van der Waals surface area contributed by atoms with Gasteiger partial charge in [-0.1, -0.05) is 28.9 Å². The molecule has 0 aliphatic carbocycles. The van der Waals surface area contributed by atoms with E-state index in [1.165, 1.54) is 0 Å². The molecular formula is C11H12ClN3O. The molecule has 0 amide bonds. The van der Waals surface area contributed by atoms with Gasteiger partial charge in [0.25, 0.3) is 0 Å². The molecule has 84 valence electrons. The Balaban J connectivity index is 2.10. The average molecular weight is 238 g/mol. The lowest BCUT2D eigenvalue weighted by molar-refractivity contribution is 0.168. The Kier molecular flexibility index (Phi) is 3.22. The van der Waals surface area contributed by atoms with Gasteiger partial charge in [0, 0.05) is 18.5 Å². The average Bonchev–Trinajstić information content (AvgIpc) is 2.68. The Labute approximate surface area is 98.5 Å². The van der Waals surface area contributed by atoms with Gasteiger partial charge in [0.15, 0.2) is 0 Å². The van der Waals surface area contributed by atoms with Gasteiger partial charge in [-0.05, 0) is 17.7 Å². The second kappa shape index (κ2) is 4.63. The van der Waals surface area contributed by atoms with Crippen molar-refractivity contribution in [2.45, 2.75) is 12.5 Å². The van der Waals surface area contributed by atoms with Gasteiger partial charge in [0.05, 0.1) is 11.9 Å². The lowest BCUT2D eigenvalue weighted by Crippen LogP contribution is -2.07. The third kappa shape index (κ3) is 2.40. The predicted octanol–water partition coefficient (Wildman–Crippen LogP) is 1.74. The first-order chi connectivity index (χ1) is 7.66. The van der Waals surface area contributed by atoms with Gasteiger partial charge >= 0.3 is 0 Å². The molecule has 0 aliphatic heterocycles. The molecule has 2 aromatic rings. The van der Waals surface area contributed by atoms with Gasteiger partial charge in [0.2, 0.25) is 0 Å². The monoisotopic (exact) mass is 237 g/mol. The van der Waals surface area contributed by atoms with Crippen molar-refractivity contribution in [3.63, 3.8) is 0 Å². The number of aliphatic hydroxyl groups is 1. The number of hydrogen-bond donors (Lipinski definition) is 1. The molecule has 1 aromatic carbocycles. The highest BCUT2D eigenvalue weighted by Crippen LogP contribution is 2.18. The standard InChI is InChI=1S/C11H12ClN3O/c1-15-10(7-13-14-15)11(16)6-8-2-4-9(12)5-3-8/h2-5,7,11,16H,6H2,1H3. The summed E-state index contributed by atoms with van der Waals surface area (Å²) in [5.41, 5.74) is 1.73. The van der Waals surface area contributed by atoms with Crippen LogP contribution in [-0.4, -0.2) is 20.1 Å². The largest absolute Gasteiger partial charge is 0.386 e. The van der Waals surface area contributed by atoms with Crippen LogP contribution in [0.1, 0.15) is 17.4 Å². The van der Waals surface area contributed by atoms with E-state index in [1.807, 2.05) is 24.3 Å². The molecule has 0 saturated heterocycles. The van der Waals surface area contributed by atoms with E-state index in [0.29, 0.717) is 17.1 Å². The Bertz CT molecular complexity index is 466. The molecule has 1 heterocycles. The van der Waals surface area contributed by atoms with Crippen LogP contribution in [0.3, 0.4) is 0 Å². The zero-order valence-corrected chi connectivity index (χ0v) is 9.59. The Morgan fingerprint density at radius 1 is 1.38 bits per heavy atom. The number of hydrogen-bond acceptors (Lipinski definition) is 3. The molecule has 2 rings (SSSR count). The van der Waals surface area contributed by atoms with Crippen molar-refractivity contribution in [3.8, 4) is 0 Å². The molecule has 1 unspecified atom stereocenters. The molecule has 0 aliphatic rings. The second-order valence-corrected chi connectivity index (χ2v) is 4.07.